The Balaban J connectivity index is 2.18. The monoisotopic (exact) mass is 257 g/mol. The van der Waals surface area contributed by atoms with Crippen LogP contribution in [0.25, 0.3) is 0 Å². The van der Waals surface area contributed by atoms with Gasteiger partial charge in [0.25, 0.3) is 0 Å². The highest BCUT2D eigenvalue weighted by molar-refractivity contribution is 7.92. The summed E-state index contributed by atoms with van der Waals surface area (Å²) in [5.74, 6) is 0.0967. The number of hydrogen-bond donors (Lipinski definition) is 1. The van der Waals surface area contributed by atoms with Crippen molar-refractivity contribution in [1.82, 2.24) is 5.48 Å². The van der Waals surface area contributed by atoms with Crippen molar-refractivity contribution >= 4 is 9.84 Å². The van der Waals surface area contributed by atoms with Crippen LogP contribution in [-0.2, 0) is 21.3 Å². The molecule has 0 spiro atoms. The van der Waals surface area contributed by atoms with E-state index in [9.17, 15) is 8.42 Å². The maximum atomic E-state index is 11.5. The summed E-state index contributed by atoms with van der Waals surface area (Å²) < 4.78 is 22.9. The number of rotatable bonds is 7. The van der Waals surface area contributed by atoms with Gasteiger partial charge in [0.05, 0.1) is 17.6 Å². The number of benzene rings is 1. The quantitative estimate of drug-likeness (QED) is 0.594. The Kier molecular flexibility index (Phi) is 5.61. The Bertz CT molecular complexity index is 415. The molecule has 1 rings (SSSR count). The number of hydrogen-bond acceptors (Lipinski definition) is 4. The van der Waals surface area contributed by atoms with Gasteiger partial charge in [-0.3, -0.25) is 4.84 Å². The second-order valence-corrected chi connectivity index (χ2v) is 6.76. The molecule has 0 aliphatic heterocycles. The van der Waals surface area contributed by atoms with Gasteiger partial charge in [0.1, 0.15) is 0 Å². The van der Waals surface area contributed by atoms with Crippen molar-refractivity contribution in [1.29, 1.82) is 0 Å². The van der Waals surface area contributed by atoms with Gasteiger partial charge in [-0.1, -0.05) is 30.3 Å². The fourth-order valence-electron chi connectivity index (χ4n) is 1.20. The van der Waals surface area contributed by atoms with Crippen LogP contribution < -0.4 is 5.48 Å². The van der Waals surface area contributed by atoms with E-state index in [1.807, 2.05) is 30.3 Å². The summed E-state index contributed by atoms with van der Waals surface area (Å²) in [4.78, 5) is 5.18. The van der Waals surface area contributed by atoms with Gasteiger partial charge in [0.2, 0.25) is 0 Å². The van der Waals surface area contributed by atoms with E-state index in [1.54, 1.807) is 13.8 Å². The fourth-order valence-corrected chi connectivity index (χ4v) is 2.04. The Morgan fingerprint density at radius 2 is 1.88 bits per heavy atom. The second-order valence-electron chi connectivity index (χ2n) is 4.08. The van der Waals surface area contributed by atoms with Gasteiger partial charge in [-0.2, -0.15) is 0 Å². The van der Waals surface area contributed by atoms with Gasteiger partial charge < -0.3 is 0 Å². The molecule has 0 unspecified atom stereocenters. The van der Waals surface area contributed by atoms with Crippen LogP contribution in [-0.4, -0.2) is 26.0 Å². The molecular formula is C12H19NO3S. The van der Waals surface area contributed by atoms with Gasteiger partial charge >= 0.3 is 0 Å². The lowest BCUT2D eigenvalue weighted by atomic mass is 10.2. The lowest BCUT2D eigenvalue weighted by molar-refractivity contribution is 0.0318. The second kappa shape index (κ2) is 6.74. The summed E-state index contributed by atoms with van der Waals surface area (Å²) >= 11 is 0. The highest BCUT2D eigenvalue weighted by atomic mass is 32.2. The lowest BCUT2D eigenvalue weighted by Gasteiger charge is -2.08. The molecule has 0 saturated heterocycles. The third-order valence-electron chi connectivity index (χ3n) is 2.39. The maximum Gasteiger partial charge on any atom is 0.153 e. The Morgan fingerprint density at radius 3 is 2.47 bits per heavy atom. The Hall–Kier alpha value is -0.910. The van der Waals surface area contributed by atoms with E-state index in [0.717, 1.165) is 5.56 Å². The summed E-state index contributed by atoms with van der Waals surface area (Å²) in [6.45, 7) is 4.11. The number of hydroxylamine groups is 1. The summed E-state index contributed by atoms with van der Waals surface area (Å²) in [6.07, 6.45) is 0. The molecule has 0 amide bonds. The van der Waals surface area contributed by atoms with E-state index in [4.69, 9.17) is 4.84 Å². The molecule has 17 heavy (non-hydrogen) atoms. The van der Waals surface area contributed by atoms with Crippen molar-refractivity contribution < 1.29 is 13.3 Å². The summed E-state index contributed by atoms with van der Waals surface area (Å²) in [5.41, 5.74) is 3.71. The first-order valence-corrected chi connectivity index (χ1v) is 7.34. The minimum absolute atomic E-state index is 0.0967. The van der Waals surface area contributed by atoms with Gasteiger partial charge in [0.15, 0.2) is 9.84 Å². The summed E-state index contributed by atoms with van der Waals surface area (Å²) in [5, 5.41) is -0.335. The standard InChI is InChI=1S/C12H19NO3S/c1-11(2)17(14,15)9-8-13-16-10-12-6-4-3-5-7-12/h3-7,11,13H,8-10H2,1-2H3. The van der Waals surface area contributed by atoms with Crippen molar-refractivity contribution in [2.24, 2.45) is 0 Å². The van der Waals surface area contributed by atoms with E-state index in [-0.39, 0.29) is 11.0 Å². The van der Waals surface area contributed by atoms with E-state index < -0.39 is 9.84 Å². The predicted octanol–water partition coefficient (Wildman–Crippen LogP) is 1.53. The van der Waals surface area contributed by atoms with E-state index >= 15 is 0 Å². The highest BCUT2D eigenvalue weighted by Crippen LogP contribution is 2.00. The Labute approximate surface area is 103 Å². The predicted molar refractivity (Wildman–Crippen MR) is 68.2 cm³/mol. The van der Waals surface area contributed by atoms with Crippen LogP contribution in [0.4, 0.5) is 0 Å². The average Bonchev–Trinajstić information content (AvgIpc) is 2.29. The molecule has 0 fully saturated rings. The molecule has 1 aromatic carbocycles. The van der Waals surface area contributed by atoms with Gasteiger partial charge in [-0.15, -0.1) is 0 Å². The normalized spacial score (nSPS) is 11.9. The molecular weight excluding hydrogens is 238 g/mol. The molecule has 0 aliphatic carbocycles. The van der Waals surface area contributed by atoms with E-state index in [2.05, 4.69) is 5.48 Å². The molecule has 4 nitrogen and oxygen atoms in total. The van der Waals surface area contributed by atoms with Crippen LogP contribution in [0.15, 0.2) is 30.3 Å². The molecule has 0 atom stereocenters. The van der Waals surface area contributed by atoms with Crippen molar-refractivity contribution in [3.05, 3.63) is 35.9 Å². The molecule has 0 heterocycles. The van der Waals surface area contributed by atoms with E-state index in [0.29, 0.717) is 13.2 Å². The largest absolute Gasteiger partial charge is 0.297 e. The first-order valence-electron chi connectivity index (χ1n) is 5.62. The molecule has 1 N–H and O–H groups in total. The zero-order valence-corrected chi connectivity index (χ0v) is 11.0. The lowest BCUT2D eigenvalue weighted by Crippen LogP contribution is -2.27. The minimum atomic E-state index is -2.99. The molecule has 0 saturated carbocycles. The SMILES string of the molecule is CC(C)S(=O)(=O)CCNOCc1ccccc1. The van der Waals surface area contributed by atoms with Crippen molar-refractivity contribution in [2.75, 3.05) is 12.3 Å². The number of nitrogens with one attached hydrogen (secondary N) is 1. The summed E-state index contributed by atoms with van der Waals surface area (Å²) in [7, 11) is -2.99. The van der Waals surface area contributed by atoms with Gasteiger partial charge in [-0.25, -0.2) is 13.9 Å². The van der Waals surface area contributed by atoms with Gasteiger partial charge in [0, 0.05) is 6.54 Å². The van der Waals surface area contributed by atoms with Crippen LogP contribution in [0.1, 0.15) is 19.4 Å². The summed E-state index contributed by atoms with van der Waals surface area (Å²) in [6, 6.07) is 9.70. The van der Waals surface area contributed by atoms with Crippen molar-refractivity contribution in [3.63, 3.8) is 0 Å². The molecule has 0 aromatic heterocycles. The highest BCUT2D eigenvalue weighted by Gasteiger charge is 2.14. The number of sulfone groups is 1. The third-order valence-corrected chi connectivity index (χ3v) is 4.60. The molecule has 5 heteroatoms. The molecule has 0 bridgehead atoms. The topological polar surface area (TPSA) is 55.4 Å². The van der Waals surface area contributed by atoms with Crippen LogP contribution in [0, 0.1) is 0 Å². The average molecular weight is 257 g/mol. The van der Waals surface area contributed by atoms with Crippen LogP contribution in [0.2, 0.25) is 0 Å². The van der Waals surface area contributed by atoms with Crippen molar-refractivity contribution in [2.45, 2.75) is 25.7 Å². The van der Waals surface area contributed by atoms with Crippen LogP contribution in [0.5, 0.6) is 0 Å². The van der Waals surface area contributed by atoms with Crippen molar-refractivity contribution in [3.8, 4) is 0 Å². The maximum absolute atomic E-state index is 11.5. The first-order chi connectivity index (χ1) is 8.02. The smallest absolute Gasteiger partial charge is 0.153 e. The minimum Gasteiger partial charge on any atom is -0.297 e. The van der Waals surface area contributed by atoms with Crippen LogP contribution in [0.3, 0.4) is 0 Å². The van der Waals surface area contributed by atoms with E-state index in [1.165, 1.54) is 0 Å². The molecule has 1 aromatic rings. The third kappa shape index (κ3) is 5.30. The molecule has 96 valence electrons. The Morgan fingerprint density at radius 1 is 1.24 bits per heavy atom. The molecule has 0 radical (unpaired) electrons. The molecule has 0 aliphatic rings. The first kappa shape index (κ1) is 14.2. The zero-order valence-electron chi connectivity index (χ0n) is 10.2. The zero-order chi connectivity index (χ0) is 12.7. The fraction of sp³-hybridized carbons (Fsp3) is 0.500. The van der Waals surface area contributed by atoms with Gasteiger partial charge in [-0.05, 0) is 19.4 Å². The van der Waals surface area contributed by atoms with Crippen LogP contribution >= 0.6 is 0 Å².